The number of aryl methyl sites for hydroxylation is 2. The number of carboxylic acid groups (broad SMARTS) is 1. The summed E-state index contributed by atoms with van der Waals surface area (Å²) in [5, 5.41) is 14.5. The third kappa shape index (κ3) is 3.91. The number of nitrogens with zero attached hydrogens (tertiary/aromatic N) is 1. The molecule has 0 aliphatic rings. The van der Waals surface area contributed by atoms with Crippen LogP contribution < -0.4 is 5.32 Å². The van der Waals surface area contributed by atoms with Crippen LogP contribution in [-0.2, 0) is 13.1 Å². The summed E-state index contributed by atoms with van der Waals surface area (Å²) in [6.07, 6.45) is 1.00. The van der Waals surface area contributed by atoms with Gasteiger partial charge < -0.3 is 15.0 Å². The number of hydrogen-bond acceptors (Lipinski definition) is 2. The SMILES string of the molecule is CC[C@H](C)NCc1c(C(=O)O)n(Cc2ccccc2C)c2cc(C)ccc12. The molecule has 2 N–H and O–H groups in total. The number of rotatable bonds is 7. The zero-order chi connectivity index (χ0) is 19.6. The van der Waals surface area contributed by atoms with E-state index in [1.165, 1.54) is 5.56 Å². The molecule has 0 radical (unpaired) electrons. The molecular formula is C23H28N2O2. The Hall–Kier alpha value is -2.59. The molecule has 0 spiro atoms. The first kappa shape index (κ1) is 19.2. The van der Waals surface area contributed by atoms with Crippen LogP contribution in [-0.4, -0.2) is 21.7 Å². The van der Waals surface area contributed by atoms with Gasteiger partial charge in [-0.2, -0.15) is 0 Å². The molecule has 1 aromatic heterocycles. The predicted molar refractivity (Wildman–Crippen MR) is 111 cm³/mol. The Kier molecular flexibility index (Phi) is 5.66. The minimum atomic E-state index is -0.876. The Bertz CT molecular complexity index is 972. The Morgan fingerprint density at radius 1 is 1.19 bits per heavy atom. The topological polar surface area (TPSA) is 54.3 Å². The fourth-order valence-corrected chi connectivity index (χ4v) is 3.50. The molecular weight excluding hydrogens is 336 g/mol. The number of aromatic nitrogens is 1. The number of aromatic carboxylic acids is 1. The lowest BCUT2D eigenvalue weighted by atomic mass is 10.1. The molecule has 4 nitrogen and oxygen atoms in total. The van der Waals surface area contributed by atoms with Crippen LogP contribution in [0.1, 0.15) is 53.0 Å². The third-order valence-corrected chi connectivity index (χ3v) is 5.36. The maximum absolute atomic E-state index is 12.2. The quantitative estimate of drug-likeness (QED) is 0.627. The molecule has 0 unspecified atom stereocenters. The summed E-state index contributed by atoms with van der Waals surface area (Å²) < 4.78 is 1.96. The normalized spacial score (nSPS) is 12.4. The van der Waals surface area contributed by atoms with Gasteiger partial charge in [0.2, 0.25) is 0 Å². The third-order valence-electron chi connectivity index (χ3n) is 5.36. The van der Waals surface area contributed by atoms with Gasteiger partial charge in [0.15, 0.2) is 0 Å². The Morgan fingerprint density at radius 3 is 2.59 bits per heavy atom. The molecule has 1 heterocycles. The summed E-state index contributed by atoms with van der Waals surface area (Å²) in [6, 6.07) is 14.7. The van der Waals surface area contributed by atoms with Gasteiger partial charge in [-0.25, -0.2) is 4.79 Å². The average molecular weight is 364 g/mol. The lowest BCUT2D eigenvalue weighted by molar-refractivity contribution is 0.0684. The highest BCUT2D eigenvalue weighted by Crippen LogP contribution is 2.29. The molecule has 0 aliphatic carbocycles. The van der Waals surface area contributed by atoms with Crippen LogP contribution in [0.3, 0.4) is 0 Å². The molecule has 27 heavy (non-hydrogen) atoms. The van der Waals surface area contributed by atoms with Crippen molar-refractivity contribution in [2.75, 3.05) is 0 Å². The molecule has 0 saturated carbocycles. The first-order valence-electron chi connectivity index (χ1n) is 9.55. The number of carboxylic acids is 1. The second-order valence-electron chi connectivity index (χ2n) is 7.36. The summed E-state index contributed by atoms with van der Waals surface area (Å²) >= 11 is 0. The van der Waals surface area contributed by atoms with Crippen molar-refractivity contribution in [2.45, 2.75) is 53.2 Å². The number of nitrogens with one attached hydrogen (secondary N) is 1. The second-order valence-corrected chi connectivity index (χ2v) is 7.36. The van der Waals surface area contributed by atoms with Crippen LogP contribution in [0.5, 0.6) is 0 Å². The fraction of sp³-hybridized carbons (Fsp3) is 0.348. The highest BCUT2D eigenvalue weighted by atomic mass is 16.4. The Balaban J connectivity index is 2.18. The molecule has 0 aliphatic heterocycles. The molecule has 3 rings (SSSR count). The monoisotopic (exact) mass is 364 g/mol. The van der Waals surface area contributed by atoms with Gasteiger partial charge in [-0.1, -0.05) is 43.3 Å². The molecule has 3 aromatic rings. The van der Waals surface area contributed by atoms with Gasteiger partial charge in [-0.3, -0.25) is 0 Å². The van der Waals surface area contributed by atoms with Crippen LogP contribution in [0.4, 0.5) is 0 Å². The largest absolute Gasteiger partial charge is 0.477 e. The minimum Gasteiger partial charge on any atom is -0.477 e. The van der Waals surface area contributed by atoms with E-state index in [1.807, 2.05) is 23.6 Å². The summed E-state index contributed by atoms with van der Waals surface area (Å²) in [6.45, 7) is 9.46. The van der Waals surface area contributed by atoms with E-state index in [2.05, 4.69) is 56.4 Å². The van der Waals surface area contributed by atoms with Crippen molar-refractivity contribution in [1.82, 2.24) is 9.88 Å². The highest BCUT2D eigenvalue weighted by molar-refractivity contribution is 5.98. The Morgan fingerprint density at radius 2 is 1.93 bits per heavy atom. The molecule has 0 saturated heterocycles. The molecule has 2 aromatic carbocycles. The van der Waals surface area contributed by atoms with Gasteiger partial charge in [-0.15, -0.1) is 0 Å². The maximum Gasteiger partial charge on any atom is 0.352 e. The second kappa shape index (κ2) is 7.97. The molecule has 0 bridgehead atoms. The van der Waals surface area contributed by atoms with E-state index in [-0.39, 0.29) is 0 Å². The van der Waals surface area contributed by atoms with Crippen LogP contribution >= 0.6 is 0 Å². The van der Waals surface area contributed by atoms with Crippen molar-refractivity contribution in [3.63, 3.8) is 0 Å². The van der Waals surface area contributed by atoms with Crippen LogP contribution in [0, 0.1) is 13.8 Å². The number of carbonyl (C=O) groups is 1. The van der Waals surface area contributed by atoms with E-state index < -0.39 is 5.97 Å². The van der Waals surface area contributed by atoms with Crippen molar-refractivity contribution in [2.24, 2.45) is 0 Å². The predicted octanol–water partition coefficient (Wildman–Crippen LogP) is 4.89. The van der Waals surface area contributed by atoms with Crippen LogP contribution in [0.15, 0.2) is 42.5 Å². The summed E-state index contributed by atoms with van der Waals surface area (Å²) in [5.41, 5.74) is 5.67. The van der Waals surface area contributed by atoms with Crippen molar-refractivity contribution in [3.05, 3.63) is 70.4 Å². The first-order valence-corrected chi connectivity index (χ1v) is 9.55. The molecule has 142 valence electrons. The van der Waals surface area contributed by atoms with Gasteiger partial charge in [0, 0.05) is 35.6 Å². The lowest BCUT2D eigenvalue weighted by Gasteiger charge is -2.13. The van der Waals surface area contributed by atoms with Gasteiger partial charge in [0.05, 0.1) is 0 Å². The summed E-state index contributed by atoms with van der Waals surface area (Å²) in [4.78, 5) is 12.2. The number of hydrogen-bond donors (Lipinski definition) is 2. The first-order chi connectivity index (χ1) is 12.9. The van der Waals surface area contributed by atoms with E-state index in [4.69, 9.17) is 0 Å². The van der Waals surface area contributed by atoms with Gasteiger partial charge in [0.1, 0.15) is 5.69 Å². The van der Waals surface area contributed by atoms with Crippen molar-refractivity contribution in [1.29, 1.82) is 0 Å². The fourth-order valence-electron chi connectivity index (χ4n) is 3.50. The Labute approximate surface area is 160 Å². The van der Waals surface area contributed by atoms with Crippen molar-refractivity contribution < 1.29 is 9.90 Å². The zero-order valence-electron chi connectivity index (χ0n) is 16.5. The van der Waals surface area contributed by atoms with E-state index in [9.17, 15) is 9.90 Å². The van der Waals surface area contributed by atoms with Gasteiger partial charge >= 0.3 is 5.97 Å². The van der Waals surface area contributed by atoms with E-state index in [0.717, 1.165) is 34.0 Å². The molecule has 4 heteroatoms. The van der Waals surface area contributed by atoms with E-state index in [0.29, 0.717) is 24.8 Å². The zero-order valence-corrected chi connectivity index (χ0v) is 16.5. The number of benzene rings is 2. The highest BCUT2D eigenvalue weighted by Gasteiger charge is 2.23. The number of fused-ring (bicyclic) bond motifs is 1. The van der Waals surface area contributed by atoms with Crippen molar-refractivity contribution >= 4 is 16.9 Å². The average Bonchev–Trinajstić information content (AvgIpc) is 2.94. The smallest absolute Gasteiger partial charge is 0.352 e. The van der Waals surface area contributed by atoms with Crippen LogP contribution in [0.2, 0.25) is 0 Å². The standard InChI is InChI=1S/C23H28N2O2/c1-5-17(4)24-13-20-19-11-10-15(2)12-21(19)25(22(20)23(26)27)14-18-9-7-6-8-16(18)3/h6-12,17,24H,5,13-14H2,1-4H3,(H,26,27)/t17-/m0/s1. The minimum absolute atomic E-state index is 0.340. The summed E-state index contributed by atoms with van der Waals surface area (Å²) in [7, 11) is 0. The maximum atomic E-state index is 12.2. The van der Waals surface area contributed by atoms with Gasteiger partial charge in [-0.05, 0) is 49.9 Å². The van der Waals surface area contributed by atoms with E-state index >= 15 is 0 Å². The molecule has 0 amide bonds. The van der Waals surface area contributed by atoms with E-state index in [1.54, 1.807) is 0 Å². The molecule has 0 fully saturated rings. The van der Waals surface area contributed by atoms with Crippen LogP contribution in [0.25, 0.3) is 10.9 Å². The summed E-state index contributed by atoms with van der Waals surface area (Å²) in [5.74, 6) is -0.876. The lowest BCUT2D eigenvalue weighted by Crippen LogP contribution is -2.25. The molecule has 1 atom stereocenters. The van der Waals surface area contributed by atoms with Gasteiger partial charge in [0.25, 0.3) is 0 Å². The van der Waals surface area contributed by atoms with Crippen molar-refractivity contribution in [3.8, 4) is 0 Å².